The summed E-state index contributed by atoms with van der Waals surface area (Å²) in [5.74, 6) is 0.844. The summed E-state index contributed by atoms with van der Waals surface area (Å²) in [5.41, 5.74) is 0.946. The van der Waals surface area contributed by atoms with E-state index >= 15 is 0 Å². The molecule has 1 aromatic heterocycles. The lowest BCUT2D eigenvalue weighted by Gasteiger charge is -2.24. The highest BCUT2D eigenvalue weighted by Gasteiger charge is 2.18. The van der Waals surface area contributed by atoms with Gasteiger partial charge in [0.15, 0.2) is 0 Å². The third-order valence-electron chi connectivity index (χ3n) is 2.55. The van der Waals surface area contributed by atoms with Gasteiger partial charge in [0.25, 0.3) is 0 Å². The number of hydrogen-bond acceptors (Lipinski definition) is 4. The zero-order valence-corrected chi connectivity index (χ0v) is 9.71. The summed E-state index contributed by atoms with van der Waals surface area (Å²) >= 11 is 5.73. The summed E-state index contributed by atoms with van der Waals surface area (Å²) in [6.45, 7) is 2.54. The van der Waals surface area contributed by atoms with Crippen LogP contribution in [0.25, 0.3) is 0 Å². The summed E-state index contributed by atoms with van der Waals surface area (Å²) in [5, 5.41) is 6.30. The Morgan fingerprint density at radius 2 is 2.44 bits per heavy atom. The Morgan fingerprint density at radius 1 is 1.62 bits per heavy atom. The fourth-order valence-corrected chi connectivity index (χ4v) is 1.75. The van der Waals surface area contributed by atoms with Gasteiger partial charge in [-0.1, -0.05) is 0 Å². The van der Waals surface area contributed by atoms with Gasteiger partial charge < -0.3 is 10.6 Å². The molecule has 6 heteroatoms. The maximum atomic E-state index is 11.0. The molecule has 16 heavy (non-hydrogen) atoms. The van der Waals surface area contributed by atoms with E-state index < -0.39 is 0 Å². The number of anilines is 1. The van der Waals surface area contributed by atoms with E-state index in [0.717, 1.165) is 17.8 Å². The van der Waals surface area contributed by atoms with Gasteiger partial charge in [-0.25, -0.2) is 9.97 Å². The molecule has 1 saturated heterocycles. The largest absolute Gasteiger partial charge is 0.365 e. The van der Waals surface area contributed by atoms with Crippen molar-refractivity contribution in [2.75, 3.05) is 11.9 Å². The second-order valence-electron chi connectivity index (χ2n) is 3.85. The minimum Gasteiger partial charge on any atom is -0.365 e. The molecule has 0 aliphatic carbocycles. The van der Waals surface area contributed by atoms with Crippen LogP contribution in [0.2, 0.25) is 5.28 Å². The number of hydrogen-bond donors (Lipinski definition) is 2. The van der Waals surface area contributed by atoms with Gasteiger partial charge in [0, 0.05) is 30.8 Å². The van der Waals surface area contributed by atoms with E-state index in [4.69, 9.17) is 11.6 Å². The number of rotatable bonds is 2. The smallest absolute Gasteiger partial charge is 0.224 e. The van der Waals surface area contributed by atoms with E-state index in [1.54, 1.807) is 6.20 Å². The normalized spacial score (nSPS) is 20.4. The highest BCUT2D eigenvalue weighted by atomic mass is 35.5. The zero-order valence-electron chi connectivity index (χ0n) is 8.96. The van der Waals surface area contributed by atoms with Crippen LogP contribution in [0.5, 0.6) is 0 Å². The van der Waals surface area contributed by atoms with Crippen molar-refractivity contribution in [3.63, 3.8) is 0 Å². The third-order valence-corrected chi connectivity index (χ3v) is 2.73. The fraction of sp³-hybridized carbons (Fsp3) is 0.500. The van der Waals surface area contributed by atoms with Crippen LogP contribution in [0.3, 0.4) is 0 Å². The Balaban J connectivity index is 2.03. The third kappa shape index (κ3) is 2.61. The second kappa shape index (κ2) is 4.65. The first-order valence-electron chi connectivity index (χ1n) is 5.17. The quantitative estimate of drug-likeness (QED) is 0.761. The molecule has 0 aromatic carbocycles. The minimum atomic E-state index is 0.107. The molecule has 1 aliphatic heterocycles. The van der Waals surface area contributed by atoms with Gasteiger partial charge in [0.1, 0.15) is 5.82 Å². The number of nitrogens with zero attached hydrogens (tertiary/aromatic N) is 2. The number of nitrogens with one attached hydrogen (secondary N) is 2. The standard InChI is InChI=1S/C10H13ClN4O/c1-6-4-13-10(11)15-9(6)14-7-2-3-8(16)12-5-7/h4,7H,2-3,5H2,1H3,(H,12,16)(H,13,14,15). The molecule has 0 bridgehead atoms. The molecule has 5 nitrogen and oxygen atoms in total. The van der Waals surface area contributed by atoms with E-state index in [-0.39, 0.29) is 17.2 Å². The molecule has 2 heterocycles. The molecule has 2 N–H and O–H groups in total. The van der Waals surface area contributed by atoms with Crippen LogP contribution in [-0.4, -0.2) is 28.5 Å². The lowest BCUT2D eigenvalue weighted by molar-refractivity contribution is -0.122. The van der Waals surface area contributed by atoms with Crippen molar-refractivity contribution in [2.45, 2.75) is 25.8 Å². The molecular weight excluding hydrogens is 228 g/mol. The Morgan fingerprint density at radius 3 is 3.12 bits per heavy atom. The molecule has 0 spiro atoms. The molecule has 0 radical (unpaired) electrons. The Kier molecular flexibility index (Phi) is 3.24. The summed E-state index contributed by atoms with van der Waals surface area (Å²) < 4.78 is 0. The Bertz CT molecular complexity index is 400. The first-order valence-corrected chi connectivity index (χ1v) is 5.55. The molecule has 0 saturated carbocycles. The summed E-state index contributed by atoms with van der Waals surface area (Å²) in [7, 11) is 0. The summed E-state index contributed by atoms with van der Waals surface area (Å²) in [6, 6.07) is 0.211. The van der Waals surface area contributed by atoms with Crippen molar-refractivity contribution in [1.82, 2.24) is 15.3 Å². The Labute approximate surface area is 98.6 Å². The van der Waals surface area contributed by atoms with Crippen molar-refractivity contribution < 1.29 is 4.79 Å². The number of halogens is 1. The van der Waals surface area contributed by atoms with Gasteiger partial charge in [0.05, 0.1) is 0 Å². The summed E-state index contributed by atoms with van der Waals surface area (Å²) in [4.78, 5) is 19.0. The highest BCUT2D eigenvalue weighted by Crippen LogP contribution is 2.16. The first-order chi connectivity index (χ1) is 7.65. The predicted molar refractivity (Wildman–Crippen MR) is 61.4 cm³/mol. The minimum absolute atomic E-state index is 0.107. The lowest BCUT2D eigenvalue weighted by atomic mass is 10.1. The first kappa shape index (κ1) is 11.1. The van der Waals surface area contributed by atoms with Crippen molar-refractivity contribution in [2.24, 2.45) is 0 Å². The second-order valence-corrected chi connectivity index (χ2v) is 4.19. The molecule has 1 unspecified atom stereocenters. The fourth-order valence-electron chi connectivity index (χ4n) is 1.62. The number of carbonyl (C=O) groups is 1. The number of amides is 1. The molecule has 2 rings (SSSR count). The van der Waals surface area contributed by atoms with Crippen LogP contribution in [0.4, 0.5) is 5.82 Å². The summed E-state index contributed by atoms with van der Waals surface area (Å²) in [6.07, 6.45) is 3.04. The van der Waals surface area contributed by atoms with Crippen LogP contribution in [-0.2, 0) is 4.79 Å². The van der Waals surface area contributed by atoms with Gasteiger partial charge in [-0.3, -0.25) is 4.79 Å². The van der Waals surface area contributed by atoms with Crippen molar-refractivity contribution in [3.05, 3.63) is 17.0 Å². The molecule has 1 aromatic rings. The maximum Gasteiger partial charge on any atom is 0.224 e. The predicted octanol–water partition coefficient (Wildman–Crippen LogP) is 1.13. The Hall–Kier alpha value is -1.36. The van der Waals surface area contributed by atoms with Crippen molar-refractivity contribution in [3.8, 4) is 0 Å². The highest BCUT2D eigenvalue weighted by molar-refractivity contribution is 6.28. The molecule has 1 amide bonds. The topological polar surface area (TPSA) is 66.9 Å². The molecule has 1 atom stereocenters. The van der Waals surface area contributed by atoms with E-state index in [1.165, 1.54) is 0 Å². The van der Waals surface area contributed by atoms with Gasteiger partial charge >= 0.3 is 0 Å². The van der Waals surface area contributed by atoms with Crippen LogP contribution in [0, 0.1) is 6.92 Å². The monoisotopic (exact) mass is 240 g/mol. The molecule has 86 valence electrons. The average molecular weight is 241 g/mol. The van der Waals surface area contributed by atoms with E-state index in [2.05, 4.69) is 20.6 Å². The van der Waals surface area contributed by atoms with Gasteiger partial charge in [0.2, 0.25) is 11.2 Å². The average Bonchev–Trinajstić information content (AvgIpc) is 2.27. The number of carbonyl (C=O) groups excluding carboxylic acids is 1. The zero-order chi connectivity index (χ0) is 11.5. The van der Waals surface area contributed by atoms with Gasteiger partial charge in [-0.05, 0) is 24.9 Å². The SMILES string of the molecule is Cc1cnc(Cl)nc1NC1CCC(=O)NC1. The van der Waals surface area contributed by atoms with Gasteiger partial charge in [-0.2, -0.15) is 0 Å². The number of aryl methyl sites for hydroxylation is 1. The number of piperidine rings is 1. The maximum absolute atomic E-state index is 11.0. The van der Waals surface area contributed by atoms with E-state index in [9.17, 15) is 4.79 Å². The molecule has 1 fully saturated rings. The molecular formula is C10H13ClN4O. The van der Waals surface area contributed by atoms with E-state index in [0.29, 0.717) is 13.0 Å². The lowest BCUT2D eigenvalue weighted by Crippen LogP contribution is -2.42. The van der Waals surface area contributed by atoms with Crippen molar-refractivity contribution >= 4 is 23.3 Å². The molecule has 1 aliphatic rings. The van der Waals surface area contributed by atoms with Crippen LogP contribution in [0.1, 0.15) is 18.4 Å². The van der Waals surface area contributed by atoms with Crippen molar-refractivity contribution in [1.29, 1.82) is 0 Å². The van der Waals surface area contributed by atoms with Crippen LogP contribution >= 0.6 is 11.6 Å². The van der Waals surface area contributed by atoms with Crippen LogP contribution in [0.15, 0.2) is 6.20 Å². The van der Waals surface area contributed by atoms with E-state index in [1.807, 2.05) is 6.92 Å². The van der Waals surface area contributed by atoms with Gasteiger partial charge in [-0.15, -0.1) is 0 Å². The number of aromatic nitrogens is 2. The van der Waals surface area contributed by atoms with Crippen LogP contribution < -0.4 is 10.6 Å².